The van der Waals surface area contributed by atoms with Crippen molar-refractivity contribution in [1.29, 1.82) is 0 Å². The Morgan fingerprint density at radius 2 is 2.33 bits per heavy atom. The Morgan fingerprint density at radius 3 is 3.00 bits per heavy atom. The number of rotatable bonds is 2. The van der Waals surface area contributed by atoms with Gasteiger partial charge >= 0.3 is 0 Å². The topological polar surface area (TPSA) is 29.0 Å². The molecule has 1 aliphatic rings. The molecule has 4 heteroatoms. The van der Waals surface area contributed by atoms with Crippen molar-refractivity contribution in [2.24, 2.45) is 5.92 Å². The molecule has 0 N–H and O–H groups in total. The van der Waals surface area contributed by atoms with Crippen LogP contribution >= 0.6 is 15.9 Å². The van der Waals surface area contributed by atoms with Gasteiger partial charge in [0.25, 0.3) is 0 Å². The van der Waals surface area contributed by atoms with Crippen molar-refractivity contribution in [3.8, 4) is 0 Å². The quantitative estimate of drug-likeness (QED) is 0.827. The Hall–Kier alpha value is -0.640. The van der Waals surface area contributed by atoms with Gasteiger partial charge in [0.05, 0.1) is 4.47 Å². The van der Waals surface area contributed by atoms with E-state index >= 15 is 0 Å². The van der Waals surface area contributed by atoms with E-state index in [0.717, 1.165) is 16.8 Å². The fourth-order valence-electron chi connectivity index (χ4n) is 2.27. The summed E-state index contributed by atoms with van der Waals surface area (Å²) in [6.45, 7) is 5.66. The second kappa shape index (κ2) is 4.47. The number of nitrogens with zero attached hydrogens (tertiary/aromatic N) is 3. The van der Waals surface area contributed by atoms with E-state index in [0.29, 0.717) is 12.0 Å². The van der Waals surface area contributed by atoms with Crippen molar-refractivity contribution >= 4 is 21.7 Å². The SMILES string of the molecule is CC(C)C1CCCN1c1ncncc1Br. The second-order valence-electron chi connectivity index (χ2n) is 4.34. The molecule has 3 nitrogen and oxygen atoms in total. The molecule has 0 amide bonds. The van der Waals surface area contributed by atoms with E-state index in [4.69, 9.17) is 0 Å². The highest BCUT2D eigenvalue weighted by Gasteiger charge is 2.29. The van der Waals surface area contributed by atoms with E-state index in [-0.39, 0.29) is 0 Å². The van der Waals surface area contributed by atoms with E-state index in [9.17, 15) is 0 Å². The summed E-state index contributed by atoms with van der Waals surface area (Å²) in [5, 5.41) is 0. The summed E-state index contributed by atoms with van der Waals surface area (Å²) in [6, 6.07) is 0.621. The maximum Gasteiger partial charge on any atom is 0.146 e. The van der Waals surface area contributed by atoms with Gasteiger partial charge in [-0.1, -0.05) is 13.8 Å². The number of anilines is 1. The summed E-state index contributed by atoms with van der Waals surface area (Å²) in [4.78, 5) is 10.8. The molecule has 0 aromatic carbocycles. The van der Waals surface area contributed by atoms with Crippen LogP contribution in [0, 0.1) is 5.92 Å². The summed E-state index contributed by atoms with van der Waals surface area (Å²) >= 11 is 3.52. The minimum atomic E-state index is 0.621. The van der Waals surface area contributed by atoms with E-state index in [1.807, 2.05) is 6.20 Å². The molecule has 0 aliphatic carbocycles. The summed E-state index contributed by atoms with van der Waals surface area (Å²) in [5.41, 5.74) is 0. The predicted molar refractivity (Wildman–Crippen MR) is 64.9 cm³/mol. The first-order valence-corrected chi connectivity index (χ1v) is 6.21. The average molecular weight is 270 g/mol. The maximum absolute atomic E-state index is 4.36. The van der Waals surface area contributed by atoms with Crippen LogP contribution in [0.4, 0.5) is 5.82 Å². The lowest BCUT2D eigenvalue weighted by Gasteiger charge is -2.29. The smallest absolute Gasteiger partial charge is 0.146 e. The van der Waals surface area contributed by atoms with Gasteiger partial charge in [-0.3, -0.25) is 0 Å². The van der Waals surface area contributed by atoms with Gasteiger partial charge in [-0.05, 0) is 34.7 Å². The molecule has 0 bridgehead atoms. The third-order valence-corrected chi connectivity index (χ3v) is 3.55. The summed E-state index contributed by atoms with van der Waals surface area (Å²) < 4.78 is 0.998. The van der Waals surface area contributed by atoms with Crippen LogP contribution in [-0.4, -0.2) is 22.6 Å². The predicted octanol–water partition coefficient (Wildman–Crippen LogP) is 2.86. The number of hydrogen-bond acceptors (Lipinski definition) is 3. The minimum absolute atomic E-state index is 0.621. The van der Waals surface area contributed by atoms with Crippen molar-refractivity contribution in [2.75, 3.05) is 11.4 Å². The van der Waals surface area contributed by atoms with Crippen molar-refractivity contribution in [3.05, 3.63) is 17.0 Å². The zero-order chi connectivity index (χ0) is 10.8. The lowest BCUT2D eigenvalue weighted by Crippen LogP contribution is -2.34. The normalized spacial score (nSPS) is 21.3. The van der Waals surface area contributed by atoms with Gasteiger partial charge in [0.2, 0.25) is 0 Å². The highest BCUT2D eigenvalue weighted by molar-refractivity contribution is 9.10. The molecule has 0 saturated carbocycles. The molecule has 82 valence electrons. The first-order chi connectivity index (χ1) is 7.20. The monoisotopic (exact) mass is 269 g/mol. The van der Waals surface area contributed by atoms with E-state index in [1.165, 1.54) is 12.8 Å². The summed E-state index contributed by atoms with van der Waals surface area (Å²) in [5.74, 6) is 1.72. The molecule has 1 saturated heterocycles. The van der Waals surface area contributed by atoms with Gasteiger partial charge in [-0.25, -0.2) is 9.97 Å². The van der Waals surface area contributed by atoms with Gasteiger partial charge in [0, 0.05) is 18.8 Å². The average Bonchev–Trinajstić information content (AvgIpc) is 2.67. The molecule has 1 aliphatic heterocycles. The Bertz CT molecular complexity index is 340. The molecule has 1 aromatic rings. The van der Waals surface area contributed by atoms with Crippen molar-refractivity contribution < 1.29 is 0 Å². The first-order valence-electron chi connectivity index (χ1n) is 5.42. The Labute approximate surface area is 99.0 Å². The number of hydrogen-bond donors (Lipinski definition) is 0. The summed E-state index contributed by atoms with van der Waals surface area (Å²) in [7, 11) is 0. The van der Waals surface area contributed by atoms with Crippen LogP contribution in [0.15, 0.2) is 17.0 Å². The van der Waals surface area contributed by atoms with Gasteiger partial charge in [-0.15, -0.1) is 0 Å². The Kier molecular flexibility index (Phi) is 3.24. The second-order valence-corrected chi connectivity index (χ2v) is 5.20. The molecule has 1 unspecified atom stereocenters. The molecule has 15 heavy (non-hydrogen) atoms. The van der Waals surface area contributed by atoms with Gasteiger partial charge in [0.15, 0.2) is 0 Å². The van der Waals surface area contributed by atoms with E-state index in [2.05, 4.69) is 44.6 Å². The molecular formula is C11H16BrN3. The molecule has 1 fully saturated rings. The van der Waals surface area contributed by atoms with Gasteiger partial charge in [0.1, 0.15) is 12.1 Å². The fraction of sp³-hybridized carbons (Fsp3) is 0.636. The van der Waals surface area contributed by atoms with Crippen LogP contribution < -0.4 is 4.90 Å². The zero-order valence-corrected chi connectivity index (χ0v) is 10.7. The van der Waals surface area contributed by atoms with Gasteiger partial charge < -0.3 is 4.90 Å². The molecule has 2 rings (SSSR count). The molecule has 0 radical (unpaired) electrons. The summed E-state index contributed by atoms with van der Waals surface area (Å²) in [6.07, 6.45) is 5.97. The standard InChI is InChI=1S/C11H16BrN3/c1-8(2)10-4-3-5-15(10)11-9(12)6-13-7-14-11/h6-8,10H,3-5H2,1-2H3. The van der Waals surface area contributed by atoms with Crippen LogP contribution in [0.2, 0.25) is 0 Å². The van der Waals surface area contributed by atoms with E-state index < -0.39 is 0 Å². The highest BCUT2D eigenvalue weighted by atomic mass is 79.9. The third-order valence-electron chi connectivity index (χ3n) is 2.99. The van der Waals surface area contributed by atoms with Gasteiger partial charge in [-0.2, -0.15) is 0 Å². The molecule has 2 heterocycles. The Balaban J connectivity index is 2.27. The van der Waals surface area contributed by atoms with Crippen LogP contribution in [0.5, 0.6) is 0 Å². The third kappa shape index (κ3) is 2.14. The lowest BCUT2D eigenvalue weighted by atomic mass is 10.0. The maximum atomic E-state index is 4.36. The van der Waals surface area contributed by atoms with Crippen LogP contribution in [-0.2, 0) is 0 Å². The number of halogens is 1. The van der Waals surface area contributed by atoms with E-state index in [1.54, 1.807) is 6.33 Å². The highest BCUT2D eigenvalue weighted by Crippen LogP contribution is 2.32. The molecule has 1 atom stereocenters. The first kappa shape index (κ1) is 10.9. The van der Waals surface area contributed by atoms with Crippen molar-refractivity contribution in [2.45, 2.75) is 32.7 Å². The fourth-order valence-corrected chi connectivity index (χ4v) is 2.71. The largest absolute Gasteiger partial charge is 0.352 e. The molecular weight excluding hydrogens is 254 g/mol. The lowest BCUT2D eigenvalue weighted by molar-refractivity contribution is 0.489. The minimum Gasteiger partial charge on any atom is -0.352 e. The molecule has 1 aromatic heterocycles. The zero-order valence-electron chi connectivity index (χ0n) is 9.15. The van der Waals surface area contributed by atoms with Crippen LogP contribution in [0.25, 0.3) is 0 Å². The van der Waals surface area contributed by atoms with Crippen molar-refractivity contribution in [3.63, 3.8) is 0 Å². The number of aromatic nitrogens is 2. The van der Waals surface area contributed by atoms with Crippen molar-refractivity contribution in [1.82, 2.24) is 9.97 Å². The Morgan fingerprint density at radius 1 is 1.53 bits per heavy atom. The van der Waals surface area contributed by atoms with Crippen LogP contribution in [0.1, 0.15) is 26.7 Å². The van der Waals surface area contributed by atoms with Crippen LogP contribution in [0.3, 0.4) is 0 Å². The molecule has 0 spiro atoms.